The summed E-state index contributed by atoms with van der Waals surface area (Å²) in [7, 11) is 10.3. The number of pyridine rings is 1. The number of carbonyl (C=O) groups is 1. The van der Waals surface area contributed by atoms with Crippen molar-refractivity contribution in [2.24, 2.45) is 0 Å². The molecule has 0 aliphatic heterocycles. The summed E-state index contributed by atoms with van der Waals surface area (Å²) in [4.78, 5) is 10.8. The van der Waals surface area contributed by atoms with Gasteiger partial charge in [0.25, 0.3) is 0 Å². The molecule has 29 heavy (non-hydrogen) atoms. The van der Waals surface area contributed by atoms with Gasteiger partial charge in [-0.2, -0.15) is 17.7 Å². The Morgan fingerprint density at radius 3 is 1.93 bits per heavy atom. The zero-order valence-corrected chi connectivity index (χ0v) is 17.2. The molecule has 160 valence electrons. The Balaban J connectivity index is 0.000000516. The van der Waals surface area contributed by atoms with Crippen LogP contribution in [0.2, 0.25) is 0 Å². The minimum Gasteiger partial charge on any atom is -0.475 e. The molecule has 0 radical (unpaired) electrons. The van der Waals surface area contributed by atoms with Crippen LogP contribution in [0.4, 0.5) is 23.2 Å². The number of aromatic nitrogens is 1. The monoisotopic (exact) mass is 417 g/mol. The van der Waals surface area contributed by atoms with E-state index in [4.69, 9.17) is 9.90 Å². The van der Waals surface area contributed by atoms with Gasteiger partial charge in [-0.1, -0.05) is 24.3 Å². The van der Waals surface area contributed by atoms with Crippen LogP contribution in [0.1, 0.15) is 11.1 Å². The van der Waals surface area contributed by atoms with E-state index in [1.165, 1.54) is 5.56 Å². The van der Waals surface area contributed by atoms with Crippen LogP contribution in [0.25, 0.3) is 0 Å². The van der Waals surface area contributed by atoms with E-state index in [0.29, 0.717) is 6.54 Å². The minimum atomic E-state index is -5.08. The molecule has 1 aromatic heterocycles. The fourth-order valence-corrected chi connectivity index (χ4v) is 2.39. The number of halogens is 4. The lowest BCUT2D eigenvalue weighted by atomic mass is 10.1. The molecule has 0 saturated carbocycles. The summed E-state index contributed by atoms with van der Waals surface area (Å²) < 4.78 is 48.4. The molecule has 0 aliphatic rings. The first-order chi connectivity index (χ1) is 13.2. The summed E-state index contributed by atoms with van der Waals surface area (Å²) in [5.41, 5.74) is 3.27. The van der Waals surface area contributed by atoms with Gasteiger partial charge in [0.05, 0.1) is 32.9 Å². The van der Waals surface area contributed by atoms with Crippen LogP contribution in [-0.2, 0) is 17.9 Å². The van der Waals surface area contributed by atoms with E-state index in [1.54, 1.807) is 16.8 Å². The van der Waals surface area contributed by atoms with Crippen molar-refractivity contribution in [2.45, 2.75) is 19.3 Å². The van der Waals surface area contributed by atoms with Crippen molar-refractivity contribution in [3.63, 3.8) is 0 Å². The molecule has 0 spiro atoms. The van der Waals surface area contributed by atoms with Crippen molar-refractivity contribution >= 4 is 11.7 Å². The molecule has 0 amide bonds. The fourth-order valence-electron chi connectivity index (χ4n) is 2.39. The molecule has 2 aromatic rings. The lowest BCUT2D eigenvalue weighted by Crippen LogP contribution is -2.38. The number of hydrogen-bond donors (Lipinski definition) is 1. The minimum absolute atomic E-state index is 0.221. The maximum atomic E-state index is 14.1. The molecule has 2 rings (SSSR count). The quantitative estimate of drug-likeness (QED) is 0.352. The molecule has 9 heteroatoms. The third-order valence-electron chi connectivity index (χ3n) is 3.76. The number of carboxylic acid groups (broad SMARTS) is 1. The molecule has 1 heterocycles. The standard InChI is InChI=1S/C18H26FN3.C2HF3O2/c1-20(2)17-10-11-21(18(19)12-17)13-15-6-8-16(9-7-15)14-22(3,4)5;3-2(4,5)1(6)7/h6-12H,13-14H2,1-5H3;(H,6,7)/q+2;. The topological polar surface area (TPSA) is 44.4 Å². The number of aliphatic carboxylic acids is 1. The zero-order valence-electron chi connectivity index (χ0n) is 17.2. The lowest BCUT2D eigenvalue weighted by molar-refractivity contribution is -0.884. The smallest absolute Gasteiger partial charge is 0.475 e. The summed E-state index contributed by atoms with van der Waals surface area (Å²) >= 11 is 0. The van der Waals surface area contributed by atoms with Gasteiger partial charge in [-0.25, -0.2) is 4.79 Å². The Labute approximate surface area is 168 Å². The molecular formula is C20H27F4N3O2+2. The largest absolute Gasteiger partial charge is 0.490 e. The van der Waals surface area contributed by atoms with Crippen molar-refractivity contribution in [1.29, 1.82) is 0 Å². The van der Waals surface area contributed by atoms with Crippen LogP contribution in [0.5, 0.6) is 0 Å². The third-order valence-corrected chi connectivity index (χ3v) is 3.76. The number of hydrogen-bond acceptors (Lipinski definition) is 2. The van der Waals surface area contributed by atoms with Crippen molar-refractivity contribution in [3.05, 3.63) is 59.7 Å². The zero-order chi connectivity index (χ0) is 22.4. The first kappa shape index (κ1) is 24.4. The molecule has 1 N–H and O–H groups in total. The van der Waals surface area contributed by atoms with Gasteiger partial charge in [0.15, 0.2) is 12.7 Å². The van der Waals surface area contributed by atoms with Crippen molar-refractivity contribution in [2.75, 3.05) is 40.1 Å². The van der Waals surface area contributed by atoms with Gasteiger partial charge in [0, 0.05) is 31.3 Å². The van der Waals surface area contributed by atoms with Gasteiger partial charge < -0.3 is 14.5 Å². The van der Waals surface area contributed by atoms with Crippen molar-refractivity contribution in [1.82, 2.24) is 0 Å². The second-order valence-corrected chi connectivity index (χ2v) is 7.80. The summed E-state index contributed by atoms with van der Waals surface area (Å²) in [6, 6.07) is 11.9. The molecule has 0 saturated heterocycles. The summed E-state index contributed by atoms with van der Waals surface area (Å²) in [5, 5.41) is 7.12. The Morgan fingerprint density at radius 1 is 1.07 bits per heavy atom. The van der Waals surface area contributed by atoms with Gasteiger partial charge in [-0.15, -0.1) is 4.39 Å². The SMILES string of the molecule is CN(C)c1cc[n+](Cc2ccc(C[N+](C)(C)C)cc2)c(F)c1.O=C(O)C(F)(F)F. The van der Waals surface area contributed by atoms with Gasteiger partial charge in [0.1, 0.15) is 6.54 Å². The highest BCUT2D eigenvalue weighted by atomic mass is 19.4. The van der Waals surface area contributed by atoms with Gasteiger partial charge >= 0.3 is 18.1 Å². The first-order valence-electron chi connectivity index (χ1n) is 8.74. The molecule has 0 aliphatic carbocycles. The fraction of sp³-hybridized carbons (Fsp3) is 0.400. The predicted molar refractivity (Wildman–Crippen MR) is 102 cm³/mol. The number of carboxylic acids is 1. The van der Waals surface area contributed by atoms with E-state index in [-0.39, 0.29) is 5.95 Å². The average Bonchev–Trinajstić information content (AvgIpc) is 2.56. The predicted octanol–water partition coefficient (Wildman–Crippen LogP) is 3.07. The normalized spacial score (nSPS) is 11.5. The summed E-state index contributed by atoms with van der Waals surface area (Å²) in [6.45, 7) is 1.53. The Kier molecular flexibility index (Phi) is 8.14. The maximum Gasteiger partial charge on any atom is 0.490 e. The highest BCUT2D eigenvalue weighted by Gasteiger charge is 2.38. The number of alkyl halides is 3. The van der Waals surface area contributed by atoms with E-state index in [2.05, 4.69) is 45.4 Å². The number of anilines is 1. The van der Waals surface area contributed by atoms with Gasteiger partial charge in [-0.05, 0) is 0 Å². The van der Waals surface area contributed by atoms with Crippen molar-refractivity contribution < 1.29 is 36.5 Å². The first-order valence-corrected chi connectivity index (χ1v) is 8.74. The molecule has 0 unspecified atom stereocenters. The maximum absolute atomic E-state index is 14.1. The van der Waals surface area contributed by atoms with Crippen LogP contribution in [-0.4, -0.2) is 57.0 Å². The number of rotatable bonds is 5. The molecular weight excluding hydrogens is 390 g/mol. The van der Waals surface area contributed by atoms with E-state index >= 15 is 0 Å². The van der Waals surface area contributed by atoms with Crippen molar-refractivity contribution in [3.8, 4) is 0 Å². The Hall–Kier alpha value is -2.68. The van der Waals surface area contributed by atoms with Crippen LogP contribution in [0, 0.1) is 5.95 Å². The highest BCUT2D eigenvalue weighted by Crippen LogP contribution is 2.13. The second-order valence-electron chi connectivity index (χ2n) is 7.80. The number of benzene rings is 1. The Morgan fingerprint density at radius 2 is 1.55 bits per heavy atom. The molecule has 1 aromatic carbocycles. The highest BCUT2D eigenvalue weighted by molar-refractivity contribution is 5.73. The van der Waals surface area contributed by atoms with Crippen LogP contribution >= 0.6 is 0 Å². The molecule has 0 atom stereocenters. The van der Waals surface area contributed by atoms with Crippen LogP contribution in [0.3, 0.4) is 0 Å². The third kappa shape index (κ3) is 8.91. The summed E-state index contributed by atoms with van der Waals surface area (Å²) in [6.07, 6.45) is -3.29. The van der Waals surface area contributed by atoms with Crippen LogP contribution in [0.15, 0.2) is 42.6 Å². The Bertz CT molecular complexity index is 814. The van der Waals surface area contributed by atoms with Crippen LogP contribution < -0.4 is 9.47 Å². The van der Waals surface area contributed by atoms with Gasteiger partial charge in [-0.3, -0.25) is 0 Å². The van der Waals surface area contributed by atoms with E-state index in [0.717, 1.165) is 22.3 Å². The molecule has 0 fully saturated rings. The average molecular weight is 417 g/mol. The van der Waals surface area contributed by atoms with Gasteiger partial charge in [0.2, 0.25) is 0 Å². The van der Waals surface area contributed by atoms with E-state index in [1.807, 2.05) is 25.1 Å². The number of quaternary nitrogens is 1. The molecule has 0 bridgehead atoms. The lowest BCUT2D eigenvalue weighted by Gasteiger charge is -2.23. The van der Waals surface area contributed by atoms with E-state index in [9.17, 15) is 17.6 Å². The van der Waals surface area contributed by atoms with E-state index < -0.39 is 12.1 Å². The summed E-state index contributed by atoms with van der Waals surface area (Å²) in [5.74, 6) is -2.98. The molecule has 5 nitrogen and oxygen atoms in total. The number of nitrogens with zero attached hydrogens (tertiary/aromatic N) is 3. The second kappa shape index (κ2) is 9.69.